The van der Waals surface area contributed by atoms with E-state index in [-0.39, 0.29) is 35.7 Å². The van der Waals surface area contributed by atoms with Gasteiger partial charge in [-0.25, -0.2) is 17.5 Å². The van der Waals surface area contributed by atoms with Crippen molar-refractivity contribution in [2.45, 2.75) is 18.2 Å². The van der Waals surface area contributed by atoms with Crippen LogP contribution in [0.2, 0.25) is 0 Å². The number of hydrogen-bond donors (Lipinski definition) is 1. The van der Waals surface area contributed by atoms with Gasteiger partial charge < -0.3 is 9.64 Å². The molecule has 10 nitrogen and oxygen atoms in total. The Labute approximate surface area is 200 Å². The van der Waals surface area contributed by atoms with Crippen LogP contribution >= 0.6 is 0 Å². The van der Waals surface area contributed by atoms with Gasteiger partial charge in [0.2, 0.25) is 21.8 Å². The van der Waals surface area contributed by atoms with Crippen molar-refractivity contribution in [3.8, 4) is 17.3 Å². The van der Waals surface area contributed by atoms with E-state index in [1.165, 1.54) is 29.6 Å². The normalized spacial score (nSPS) is 13.3. The van der Waals surface area contributed by atoms with Crippen LogP contribution in [-0.2, 0) is 21.2 Å². The van der Waals surface area contributed by atoms with Crippen LogP contribution in [0.3, 0.4) is 0 Å². The predicted octanol–water partition coefficient (Wildman–Crippen LogP) is 2.20. The molecule has 1 aliphatic rings. The molecule has 1 amide bonds. The molecule has 0 saturated carbocycles. The summed E-state index contributed by atoms with van der Waals surface area (Å²) in [6.07, 6.45) is 0.610. The molecule has 1 N–H and O–H groups in total. The van der Waals surface area contributed by atoms with Crippen molar-refractivity contribution in [2.24, 2.45) is 0 Å². The highest BCUT2D eigenvalue weighted by Crippen LogP contribution is 2.30. The minimum absolute atomic E-state index is 0.0195. The van der Waals surface area contributed by atoms with Crippen molar-refractivity contribution in [3.05, 3.63) is 66.0 Å². The zero-order valence-electron chi connectivity index (χ0n) is 18.7. The third kappa shape index (κ3) is 4.57. The number of ether oxygens (including phenoxy) is 1. The summed E-state index contributed by atoms with van der Waals surface area (Å²) in [5.41, 5.74) is 2.69. The number of rotatable bonds is 7. The molecule has 5 rings (SSSR count). The summed E-state index contributed by atoms with van der Waals surface area (Å²) in [7, 11) is -3.76. The summed E-state index contributed by atoms with van der Waals surface area (Å²) >= 11 is 0. The lowest BCUT2D eigenvalue weighted by atomic mass is 10.2. The first-order valence-electron chi connectivity index (χ1n) is 10.8. The van der Waals surface area contributed by atoms with Crippen LogP contribution in [0.5, 0.6) is 5.88 Å². The second-order valence-corrected chi connectivity index (χ2v) is 9.70. The average Bonchev–Trinajstić information content (AvgIpc) is 3.46. The van der Waals surface area contributed by atoms with Gasteiger partial charge in [-0.05, 0) is 60.5 Å². The third-order valence-electron chi connectivity index (χ3n) is 5.62. The maximum absolute atomic E-state index is 13.2. The molecule has 4 aromatic rings. The second-order valence-electron chi connectivity index (χ2n) is 7.93. The molecule has 0 fully saturated rings. The Balaban J connectivity index is 1.23. The molecule has 35 heavy (non-hydrogen) atoms. The van der Waals surface area contributed by atoms with E-state index >= 15 is 0 Å². The number of carbonyl (C=O) groups is 1. The van der Waals surface area contributed by atoms with Gasteiger partial charge in [-0.3, -0.25) is 4.79 Å². The maximum atomic E-state index is 13.2. The molecule has 0 saturated heterocycles. The molecule has 180 valence electrons. The van der Waals surface area contributed by atoms with Crippen LogP contribution in [0.4, 0.5) is 10.1 Å². The predicted molar refractivity (Wildman–Crippen MR) is 125 cm³/mol. The van der Waals surface area contributed by atoms with E-state index in [2.05, 4.69) is 20.0 Å². The topological polar surface area (TPSA) is 119 Å². The summed E-state index contributed by atoms with van der Waals surface area (Å²) < 4.78 is 48.3. The molecule has 2 aromatic heterocycles. The molecule has 2 aromatic carbocycles. The number of hydrogen-bond acceptors (Lipinski definition) is 7. The van der Waals surface area contributed by atoms with Gasteiger partial charge in [0.1, 0.15) is 12.4 Å². The number of nitrogens with zero attached hydrogens (tertiary/aromatic N) is 5. The number of halogens is 1. The van der Waals surface area contributed by atoms with Crippen molar-refractivity contribution in [1.29, 1.82) is 0 Å². The lowest BCUT2D eigenvalue weighted by molar-refractivity contribution is -0.116. The second kappa shape index (κ2) is 9.04. The van der Waals surface area contributed by atoms with Gasteiger partial charge in [0.25, 0.3) is 0 Å². The molecular weight excluding hydrogens is 475 g/mol. The van der Waals surface area contributed by atoms with Gasteiger partial charge in [0.05, 0.1) is 4.90 Å². The Morgan fingerprint density at radius 3 is 2.69 bits per heavy atom. The van der Waals surface area contributed by atoms with E-state index in [4.69, 9.17) is 4.74 Å². The number of sulfonamides is 1. The van der Waals surface area contributed by atoms with Crippen LogP contribution in [0.25, 0.3) is 17.0 Å². The van der Waals surface area contributed by atoms with Crippen molar-refractivity contribution >= 4 is 27.3 Å². The van der Waals surface area contributed by atoms with Crippen molar-refractivity contribution < 1.29 is 22.3 Å². The number of aromatic nitrogens is 4. The summed E-state index contributed by atoms with van der Waals surface area (Å²) in [6, 6.07) is 13.8. The fraction of sp³-hybridized carbons (Fsp3) is 0.217. The fourth-order valence-corrected chi connectivity index (χ4v) is 4.98. The van der Waals surface area contributed by atoms with Crippen LogP contribution in [-0.4, -0.2) is 53.8 Å². The van der Waals surface area contributed by atoms with Crippen molar-refractivity contribution in [1.82, 2.24) is 24.5 Å². The molecule has 0 unspecified atom stereocenters. The van der Waals surface area contributed by atoms with E-state index in [1.807, 2.05) is 0 Å². The van der Waals surface area contributed by atoms with Crippen LogP contribution < -0.4 is 14.4 Å². The number of benzene rings is 2. The van der Waals surface area contributed by atoms with Gasteiger partial charge in [-0.15, -0.1) is 15.3 Å². The zero-order chi connectivity index (χ0) is 24.6. The molecule has 0 bridgehead atoms. The molecule has 0 aliphatic carbocycles. The highest BCUT2D eigenvalue weighted by molar-refractivity contribution is 7.89. The highest BCUT2D eigenvalue weighted by atomic mass is 32.2. The summed E-state index contributed by atoms with van der Waals surface area (Å²) in [4.78, 5) is 13.5. The first-order chi connectivity index (χ1) is 16.8. The Kier molecular flexibility index (Phi) is 5.91. The number of fused-ring (bicyclic) bond motifs is 2. The fourth-order valence-electron chi connectivity index (χ4n) is 3.92. The van der Waals surface area contributed by atoms with Crippen molar-refractivity contribution in [2.75, 3.05) is 24.6 Å². The summed E-state index contributed by atoms with van der Waals surface area (Å²) in [6.45, 7) is 2.09. The molecule has 0 radical (unpaired) electrons. The van der Waals surface area contributed by atoms with E-state index in [9.17, 15) is 17.6 Å². The SMILES string of the molecule is CC(=O)N1CCc2cc(S(=O)(=O)NCCOc3ccc4nnc(-c5ccc(F)cc5)n4n3)ccc21. The van der Waals surface area contributed by atoms with Crippen LogP contribution in [0, 0.1) is 5.82 Å². The molecule has 1 aliphatic heterocycles. The quantitative estimate of drug-likeness (QED) is 0.390. The van der Waals surface area contributed by atoms with Gasteiger partial charge in [0, 0.05) is 37.3 Å². The number of amides is 1. The number of carbonyl (C=O) groups excluding carboxylic acids is 1. The standard InChI is InChI=1S/C23H21FN6O4S/c1-15(31)29-12-10-17-14-19(6-7-20(17)29)35(32,33)25-11-13-34-22-9-8-21-26-27-23(30(21)28-22)16-2-4-18(24)5-3-16/h2-9,14,25H,10-13H2,1H3. The van der Waals surface area contributed by atoms with Crippen LogP contribution in [0.1, 0.15) is 12.5 Å². The van der Waals surface area contributed by atoms with E-state index < -0.39 is 10.0 Å². The third-order valence-corrected chi connectivity index (χ3v) is 7.08. The average molecular weight is 497 g/mol. The largest absolute Gasteiger partial charge is 0.475 e. The lowest BCUT2D eigenvalue weighted by Gasteiger charge is -2.15. The van der Waals surface area contributed by atoms with Crippen LogP contribution in [0.15, 0.2) is 59.5 Å². The first kappa shape index (κ1) is 22.9. The highest BCUT2D eigenvalue weighted by Gasteiger charge is 2.24. The maximum Gasteiger partial charge on any atom is 0.240 e. The monoisotopic (exact) mass is 496 g/mol. The number of anilines is 1. The Bertz CT molecular complexity index is 1520. The van der Waals surface area contributed by atoms with Gasteiger partial charge in [-0.2, -0.15) is 4.52 Å². The molecule has 0 spiro atoms. The molecule has 3 heterocycles. The lowest BCUT2D eigenvalue weighted by Crippen LogP contribution is -2.28. The number of nitrogens with one attached hydrogen (secondary N) is 1. The Morgan fingerprint density at radius 2 is 1.91 bits per heavy atom. The summed E-state index contributed by atoms with van der Waals surface area (Å²) in [5, 5.41) is 12.5. The molecule has 0 atom stereocenters. The summed E-state index contributed by atoms with van der Waals surface area (Å²) in [5.74, 6) is 0.241. The Hall–Kier alpha value is -3.90. The zero-order valence-corrected chi connectivity index (χ0v) is 19.5. The van der Waals surface area contributed by atoms with Gasteiger partial charge in [-0.1, -0.05) is 0 Å². The van der Waals surface area contributed by atoms with E-state index in [0.29, 0.717) is 30.0 Å². The Morgan fingerprint density at radius 1 is 1.11 bits per heavy atom. The van der Waals surface area contributed by atoms with Gasteiger partial charge >= 0.3 is 0 Å². The van der Waals surface area contributed by atoms with E-state index in [0.717, 1.165) is 11.3 Å². The molecular formula is C23H21FN6O4S. The molecule has 12 heteroatoms. The minimum atomic E-state index is -3.76. The van der Waals surface area contributed by atoms with Crippen molar-refractivity contribution in [3.63, 3.8) is 0 Å². The smallest absolute Gasteiger partial charge is 0.240 e. The first-order valence-corrected chi connectivity index (χ1v) is 12.3. The van der Waals surface area contributed by atoms with Gasteiger partial charge in [0.15, 0.2) is 11.5 Å². The minimum Gasteiger partial charge on any atom is -0.475 e. The van der Waals surface area contributed by atoms with E-state index in [1.54, 1.807) is 41.3 Å².